The van der Waals surface area contributed by atoms with Crippen LogP contribution in [0.15, 0.2) is 30.3 Å². The summed E-state index contributed by atoms with van der Waals surface area (Å²) in [4.78, 5) is 2.39. The molecule has 2 heterocycles. The quantitative estimate of drug-likeness (QED) is 0.870. The molecule has 0 aliphatic carbocycles. The predicted molar refractivity (Wildman–Crippen MR) is 83.1 cm³/mol. The molecule has 1 unspecified atom stereocenters. The number of rotatable bonds is 2. The summed E-state index contributed by atoms with van der Waals surface area (Å²) in [5.74, 6) is 0. The molecule has 0 aromatic heterocycles. The average molecular weight is 274 g/mol. The third-order valence-corrected chi connectivity index (χ3v) is 4.96. The van der Waals surface area contributed by atoms with E-state index in [1.165, 1.54) is 24.9 Å². The molecule has 2 N–H and O–H groups in total. The minimum absolute atomic E-state index is 0.294. The number of anilines is 1. The number of para-hydroxylation sites is 1. The Morgan fingerprint density at radius 1 is 1.05 bits per heavy atom. The molecule has 3 nitrogen and oxygen atoms in total. The zero-order valence-electron chi connectivity index (χ0n) is 12.2. The van der Waals surface area contributed by atoms with Crippen LogP contribution in [-0.4, -0.2) is 36.4 Å². The summed E-state index contributed by atoms with van der Waals surface area (Å²) in [6, 6.07) is 10.8. The second kappa shape index (κ2) is 6.15. The first-order valence-electron chi connectivity index (χ1n) is 8.04. The lowest BCUT2D eigenvalue weighted by Gasteiger charge is -2.43. The molecule has 1 aromatic rings. The zero-order chi connectivity index (χ0) is 13.8. The number of hydrogen-bond donors (Lipinski definition) is 2. The van der Waals surface area contributed by atoms with E-state index in [0.29, 0.717) is 6.04 Å². The van der Waals surface area contributed by atoms with E-state index in [-0.39, 0.29) is 0 Å². The summed E-state index contributed by atoms with van der Waals surface area (Å²) in [6.45, 7) is 2.98. The number of piperidine rings is 1. The fourth-order valence-corrected chi connectivity index (χ4v) is 3.63. The van der Waals surface area contributed by atoms with E-state index in [2.05, 4.69) is 40.5 Å². The van der Waals surface area contributed by atoms with Gasteiger partial charge in [-0.2, -0.15) is 0 Å². The first kappa shape index (κ1) is 13.9. The Kier molecular flexibility index (Phi) is 4.27. The van der Waals surface area contributed by atoms with Gasteiger partial charge in [-0.1, -0.05) is 31.0 Å². The lowest BCUT2D eigenvalue weighted by Crippen LogP contribution is -2.56. The van der Waals surface area contributed by atoms with Gasteiger partial charge < -0.3 is 15.3 Å². The lowest BCUT2D eigenvalue weighted by molar-refractivity contribution is -0.0210. The van der Waals surface area contributed by atoms with Gasteiger partial charge in [-0.15, -0.1) is 0 Å². The smallest absolute Gasteiger partial charge is 0.0833 e. The van der Waals surface area contributed by atoms with Crippen molar-refractivity contribution in [2.45, 2.75) is 50.2 Å². The SMILES string of the molecule is OC1(C2CCCCCN2)CCN(c2ccccc2)CC1. The summed E-state index contributed by atoms with van der Waals surface area (Å²) < 4.78 is 0. The number of benzene rings is 1. The van der Waals surface area contributed by atoms with Crippen molar-refractivity contribution in [1.82, 2.24) is 5.32 Å². The van der Waals surface area contributed by atoms with Crippen molar-refractivity contribution >= 4 is 5.69 Å². The van der Waals surface area contributed by atoms with Crippen molar-refractivity contribution in [3.8, 4) is 0 Å². The summed E-state index contributed by atoms with van der Waals surface area (Å²) in [7, 11) is 0. The Balaban J connectivity index is 1.62. The monoisotopic (exact) mass is 274 g/mol. The molecule has 3 heteroatoms. The fraction of sp³-hybridized carbons (Fsp3) is 0.647. The van der Waals surface area contributed by atoms with E-state index in [0.717, 1.165) is 38.9 Å². The van der Waals surface area contributed by atoms with E-state index in [1.54, 1.807) is 0 Å². The molecule has 3 rings (SSSR count). The van der Waals surface area contributed by atoms with Crippen molar-refractivity contribution < 1.29 is 5.11 Å². The molecule has 0 bridgehead atoms. The maximum absolute atomic E-state index is 11.0. The molecule has 2 aliphatic rings. The van der Waals surface area contributed by atoms with Crippen LogP contribution in [0.1, 0.15) is 38.5 Å². The van der Waals surface area contributed by atoms with Gasteiger partial charge in [-0.3, -0.25) is 0 Å². The summed E-state index contributed by atoms with van der Waals surface area (Å²) in [5, 5.41) is 14.6. The molecule has 2 aliphatic heterocycles. The fourth-order valence-electron chi connectivity index (χ4n) is 3.63. The second-order valence-corrected chi connectivity index (χ2v) is 6.28. The third-order valence-electron chi connectivity index (χ3n) is 4.96. The van der Waals surface area contributed by atoms with Crippen LogP contribution in [0.5, 0.6) is 0 Å². The molecular formula is C17H26N2O. The van der Waals surface area contributed by atoms with Crippen LogP contribution in [0, 0.1) is 0 Å². The Morgan fingerprint density at radius 2 is 1.80 bits per heavy atom. The summed E-state index contributed by atoms with van der Waals surface area (Å²) in [6.07, 6.45) is 6.68. The first-order valence-corrected chi connectivity index (χ1v) is 8.04. The van der Waals surface area contributed by atoms with Gasteiger partial charge in [0.1, 0.15) is 0 Å². The number of nitrogens with one attached hydrogen (secondary N) is 1. The maximum Gasteiger partial charge on any atom is 0.0833 e. The topological polar surface area (TPSA) is 35.5 Å². The number of nitrogens with zero attached hydrogens (tertiary/aromatic N) is 1. The lowest BCUT2D eigenvalue weighted by atomic mass is 9.82. The first-order chi connectivity index (χ1) is 9.78. The van der Waals surface area contributed by atoms with Crippen molar-refractivity contribution in [2.24, 2.45) is 0 Å². The minimum atomic E-state index is -0.504. The highest BCUT2D eigenvalue weighted by atomic mass is 16.3. The third kappa shape index (κ3) is 2.99. The molecule has 0 amide bonds. The molecule has 0 saturated carbocycles. The largest absolute Gasteiger partial charge is 0.388 e. The highest BCUT2D eigenvalue weighted by Crippen LogP contribution is 2.31. The summed E-state index contributed by atoms with van der Waals surface area (Å²) >= 11 is 0. The number of hydrogen-bond acceptors (Lipinski definition) is 3. The van der Waals surface area contributed by atoms with E-state index in [9.17, 15) is 5.11 Å². The highest BCUT2D eigenvalue weighted by Gasteiger charge is 2.39. The van der Waals surface area contributed by atoms with E-state index < -0.39 is 5.60 Å². The van der Waals surface area contributed by atoms with E-state index >= 15 is 0 Å². The average Bonchev–Trinajstić information content (AvgIpc) is 2.79. The second-order valence-electron chi connectivity index (χ2n) is 6.28. The molecule has 2 saturated heterocycles. The van der Waals surface area contributed by atoms with Crippen molar-refractivity contribution in [1.29, 1.82) is 0 Å². The molecular weight excluding hydrogens is 248 g/mol. The molecule has 110 valence electrons. The van der Waals surface area contributed by atoms with Crippen LogP contribution in [0.4, 0.5) is 5.69 Å². The van der Waals surface area contributed by atoms with Gasteiger partial charge in [0.15, 0.2) is 0 Å². The Morgan fingerprint density at radius 3 is 2.55 bits per heavy atom. The van der Waals surface area contributed by atoms with Crippen LogP contribution >= 0.6 is 0 Å². The van der Waals surface area contributed by atoms with E-state index in [4.69, 9.17) is 0 Å². The predicted octanol–water partition coefficient (Wildman–Crippen LogP) is 2.55. The zero-order valence-corrected chi connectivity index (χ0v) is 12.2. The van der Waals surface area contributed by atoms with Gasteiger partial charge in [-0.25, -0.2) is 0 Å². The van der Waals surface area contributed by atoms with Crippen LogP contribution < -0.4 is 10.2 Å². The van der Waals surface area contributed by atoms with Gasteiger partial charge in [0, 0.05) is 24.8 Å². The van der Waals surface area contributed by atoms with Gasteiger partial charge in [0.2, 0.25) is 0 Å². The van der Waals surface area contributed by atoms with Crippen LogP contribution in [-0.2, 0) is 0 Å². The standard InChI is InChI=1S/C17H26N2O/c20-17(16-9-5-2-6-12-18-16)10-13-19(14-11-17)15-7-3-1-4-8-15/h1,3-4,7-8,16,18,20H,2,5-6,9-14H2. The number of aliphatic hydroxyl groups is 1. The van der Waals surface area contributed by atoms with Crippen molar-refractivity contribution in [3.05, 3.63) is 30.3 Å². The van der Waals surface area contributed by atoms with Gasteiger partial charge >= 0.3 is 0 Å². The highest BCUT2D eigenvalue weighted by molar-refractivity contribution is 5.46. The van der Waals surface area contributed by atoms with Crippen LogP contribution in [0.3, 0.4) is 0 Å². The molecule has 1 atom stereocenters. The Bertz CT molecular complexity index is 404. The Labute approximate surface area is 122 Å². The minimum Gasteiger partial charge on any atom is -0.388 e. The molecule has 2 fully saturated rings. The molecule has 0 radical (unpaired) electrons. The molecule has 1 aromatic carbocycles. The Hall–Kier alpha value is -1.06. The normalized spacial score (nSPS) is 27.1. The van der Waals surface area contributed by atoms with Gasteiger partial charge in [-0.05, 0) is 44.4 Å². The maximum atomic E-state index is 11.0. The van der Waals surface area contributed by atoms with Crippen LogP contribution in [0.25, 0.3) is 0 Å². The van der Waals surface area contributed by atoms with Crippen molar-refractivity contribution in [2.75, 3.05) is 24.5 Å². The van der Waals surface area contributed by atoms with Crippen molar-refractivity contribution in [3.63, 3.8) is 0 Å². The summed E-state index contributed by atoms with van der Waals surface area (Å²) in [5.41, 5.74) is 0.777. The molecule has 20 heavy (non-hydrogen) atoms. The molecule has 0 spiro atoms. The van der Waals surface area contributed by atoms with Crippen LogP contribution in [0.2, 0.25) is 0 Å². The van der Waals surface area contributed by atoms with Gasteiger partial charge in [0.25, 0.3) is 0 Å². The van der Waals surface area contributed by atoms with Gasteiger partial charge in [0.05, 0.1) is 5.60 Å². The van der Waals surface area contributed by atoms with E-state index in [1.807, 2.05) is 0 Å².